The van der Waals surface area contributed by atoms with E-state index < -0.39 is 0 Å². The minimum Gasteiger partial charge on any atom is -0.324 e. The van der Waals surface area contributed by atoms with Crippen molar-refractivity contribution in [2.75, 3.05) is 11.4 Å². The van der Waals surface area contributed by atoms with E-state index in [1.165, 1.54) is 5.56 Å². The van der Waals surface area contributed by atoms with Gasteiger partial charge in [-0.25, -0.2) is 0 Å². The van der Waals surface area contributed by atoms with Gasteiger partial charge < -0.3 is 10.6 Å². The molecule has 1 amide bonds. The molecule has 22 heavy (non-hydrogen) atoms. The average molecular weight is 319 g/mol. The molecule has 0 aliphatic heterocycles. The Kier molecular flexibility index (Phi) is 7.09. The zero-order valence-corrected chi connectivity index (χ0v) is 13.8. The average Bonchev–Trinajstić information content (AvgIpc) is 2.50. The molecule has 0 fully saturated rings. The Morgan fingerprint density at radius 2 is 1.68 bits per heavy atom. The molecule has 0 aliphatic carbocycles. The third-order valence-electron chi connectivity index (χ3n) is 3.59. The fraction of sp³-hybridized carbons (Fsp3) is 0.278. The second kappa shape index (κ2) is 8.57. The first-order valence-corrected chi connectivity index (χ1v) is 7.29. The predicted octanol–water partition coefficient (Wildman–Crippen LogP) is 3.86. The van der Waals surface area contributed by atoms with Crippen molar-refractivity contribution in [2.24, 2.45) is 5.73 Å². The summed E-state index contributed by atoms with van der Waals surface area (Å²) in [5.74, 6) is 0.0534. The predicted molar refractivity (Wildman–Crippen MR) is 94.4 cm³/mol. The third-order valence-corrected chi connectivity index (χ3v) is 3.59. The summed E-state index contributed by atoms with van der Waals surface area (Å²) in [6.45, 7) is 4.66. The van der Waals surface area contributed by atoms with Gasteiger partial charge in [-0.15, -0.1) is 12.4 Å². The van der Waals surface area contributed by atoms with Crippen LogP contribution in [0.2, 0.25) is 0 Å². The van der Waals surface area contributed by atoms with Crippen molar-refractivity contribution in [3.63, 3.8) is 0 Å². The van der Waals surface area contributed by atoms with Gasteiger partial charge in [-0.05, 0) is 31.5 Å². The molecule has 2 N–H and O–H groups in total. The number of carbonyl (C=O) groups is 1. The lowest BCUT2D eigenvalue weighted by Crippen LogP contribution is -2.33. The number of aryl methyl sites for hydroxylation is 1. The molecule has 118 valence electrons. The highest BCUT2D eigenvalue weighted by Gasteiger charge is 2.18. The quantitative estimate of drug-likeness (QED) is 0.910. The van der Waals surface area contributed by atoms with E-state index in [4.69, 9.17) is 5.73 Å². The van der Waals surface area contributed by atoms with E-state index in [2.05, 4.69) is 0 Å². The highest BCUT2D eigenvalue weighted by Crippen LogP contribution is 2.20. The number of rotatable bonds is 5. The normalized spacial score (nSPS) is 11.4. The third kappa shape index (κ3) is 4.58. The lowest BCUT2D eigenvalue weighted by molar-refractivity contribution is -0.118. The highest BCUT2D eigenvalue weighted by molar-refractivity contribution is 5.93. The van der Waals surface area contributed by atoms with Crippen LogP contribution in [0.5, 0.6) is 0 Å². The number of hydrogen-bond donors (Lipinski definition) is 1. The molecule has 0 bridgehead atoms. The van der Waals surface area contributed by atoms with Crippen LogP contribution in [0.25, 0.3) is 0 Å². The molecular weight excluding hydrogens is 296 g/mol. The molecule has 1 unspecified atom stereocenters. The maximum absolute atomic E-state index is 12.5. The van der Waals surface area contributed by atoms with Gasteiger partial charge in [0, 0.05) is 24.7 Å². The summed E-state index contributed by atoms with van der Waals surface area (Å²) in [6, 6.07) is 17.5. The number of nitrogens with zero attached hydrogens (tertiary/aromatic N) is 1. The van der Waals surface area contributed by atoms with Crippen LogP contribution in [0.4, 0.5) is 5.69 Å². The van der Waals surface area contributed by atoms with Crippen molar-refractivity contribution in [1.29, 1.82) is 0 Å². The van der Waals surface area contributed by atoms with Crippen LogP contribution in [0.3, 0.4) is 0 Å². The van der Waals surface area contributed by atoms with Crippen LogP contribution in [0.1, 0.15) is 30.5 Å². The highest BCUT2D eigenvalue weighted by atomic mass is 35.5. The maximum atomic E-state index is 12.5. The van der Waals surface area contributed by atoms with Crippen molar-refractivity contribution in [3.05, 3.63) is 65.7 Å². The fourth-order valence-corrected chi connectivity index (χ4v) is 2.34. The lowest BCUT2D eigenvalue weighted by atomic mass is 10.0. The van der Waals surface area contributed by atoms with Crippen molar-refractivity contribution in [1.82, 2.24) is 0 Å². The van der Waals surface area contributed by atoms with Crippen LogP contribution in [0, 0.1) is 6.92 Å². The monoisotopic (exact) mass is 318 g/mol. The summed E-state index contributed by atoms with van der Waals surface area (Å²) >= 11 is 0. The van der Waals surface area contributed by atoms with Gasteiger partial charge in [0.15, 0.2) is 0 Å². The molecule has 0 radical (unpaired) electrons. The minimum atomic E-state index is -0.266. The van der Waals surface area contributed by atoms with Gasteiger partial charge in [0.25, 0.3) is 0 Å². The number of benzene rings is 2. The van der Waals surface area contributed by atoms with Gasteiger partial charge in [-0.2, -0.15) is 0 Å². The van der Waals surface area contributed by atoms with Crippen molar-refractivity contribution >= 4 is 24.0 Å². The van der Waals surface area contributed by atoms with Crippen LogP contribution in [-0.2, 0) is 4.79 Å². The molecule has 2 aromatic rings. The van der Waals surface area contributed by atoms with E-state index in [0.29, 0.717) is 13.0 Å². The summed E-state index contributed by atoms with van der Waals surface area (Å²) in [5.41, 5.74) is 9.24. The molecule has 0 saturated heterocycles. The minimum absolute atomic E-state index is 0. The molecule has 0 aliphatic rings. The standard InChI is InChI=1S/C18H22N2O.ClH/c1-3-20(16-11-9-14(2)10-12-16)18(21)13-17(19)15-7-5-4-6-8-15;/h4-12,17H,3,13,19H2,1-2H3;1H. The molecule has 0 saturated carbocycles. The topological polar surface area (TPSA) is 46.3 Å². The lowest BCUT2D eigenvalue weighted by Gasteiger charge is -2.23. The Morgan fingerprint density at radius 3 is 2.23 bits per heavy atom. The molecule has 2 aromatic carbocycles. The van der Waals surface area contributed by atoms with Crippen molar-refractivity contribution in [2.45, 2.75) is 26.3 Å². The van der Waals surface area contributed by atoms with E-state index in [1.54, 1.807) is 4.90 Å². The van der Waals surface area contributed by atoms with Gasteiger partial charge in [-0.1, -0.05) is 48.0 Å². The van der Waals surface area contributed by atoms with Crippen molar-refractivity contribution in [3.8, 4) is 0 Å². The Balaban J connectivity index is 0.00000242. The number of nitrogens with two attached hydrogens (primary N) is 1. The van der Waals surface area contributed by atoms with E-state index in [1.807, 2.05) is 68.4 Å². The molecule has 0 aromatic heterocycles. The Labute approximate surface area is 138 Å². The Bertz CT molecular complexity index is 584. The maximum Gasteiger partial charge on any atom is 0.228 e. The summed E-state index contributed by atoms with van der Waals surface area (Å²) in [5, 5.41) is 0. The SMILES string of the molecule is CCN(C(=O)CC(N)c1ccccc1)c1ccc(C)cc1.Cl. The van der Waals surface area contributed by atoms with Crippen LogP contribution < -0.4 is 10.6 Å². The number of hydrogen-bond acceptors (Lipinski definition) is 2. The molecule has 1 atom stereocenters. The summed E-state index contributed by atoms with van der Waals surface area (Å²) in [4.78, 5) is 14.3. The largest absolute Gasteiger partial charge is 0.324 e. The van der Waals surface area contributed by atoms with E-state index >= 15 is 0 Å². The first-order chi connectivity index (χ1) is 10.1. The van der Waals surface area contributed by atoms with E-state index in [9.17, 15) is 4.79 Å². The number of carbonyl (C=O) groups excluding carboxylic acids is 1. The van der Waals surface area contributed by atoms with Crippen LogP contribution >= 0.6 is 12.4 Å². The molecule has 4 heteroatoms. The smallest absolute Gasteiger partial charge is 0.228 e. The van der Waals surface area contributed by atoms with Crippen LogP contribution in [0.15, 0.2) is 54.6 Å². The zero-order valence-electron chi connectivity index (χ0n) is 13.0. The van der Waals surface area contributed by atoms with E-state index in [0.717, 1.165) is 11.3 Å². The van der Waals surface area contributed by atoms with Gasteiger partial charge in [0.2, 0.25) is 5.91 Å². The first-order valence-electron chi connectivity index (χ1n) is 7.29. The van der Waals surface area contributed by atoms with Gasteiger partial charge >= 0.3 is 0 Å². The number of amides is 1. The number of halogens is 1. The molecule has 0 spiro atoms. The Hall–Kier alpha value is -1.84. The second-order valence-corrected chi connectivity index (χ2v) is 5.19. The summed E-state index contributed by atoms with van der Waals surface area (Å²) in [6.07, 6.45) is 0.311. The van der Waals surface area contributed by atoms with Gasteiger partial charge in [0.1, 0.15) is 0 Å². The van der Waals surface area contributed by atoms with Gasteiger partial charge in [0.05, 0.1) is 0 Å². The zero-order chi connectivity index (χ0) is 15.2. The molecule has 2 rings (SSSR count). The second-order valence-electron chi connectivity index (χ2n) is 5.19. The van der Waals surface area contributed by atoms with Gasteiger partial charge in [-0.3, -0.25) is 4.79 Å². The number of anilines is 1. The molecule has 3 nitrogen and oxygen atoms in total. The first kappa shape index (κ1) is 18.2. The summed E-state index contributed by atoms with van der Waals surface area (Å²) < 4.78 is 0. The molecular formula is C18H23ClN2O. The van der Waals surface area contributed by atoms with Crippen molar-refractivity contribution < 1.29 is 4.79 Å². The summed E-state index contributed by atoms with van der Waals surface area (Å²) in [7, 11) is 0. The van der Waals surface area contributed by atoms with Crippen LogP contribution in [-0.4, -0.2) is 12.5 Å². The molecule has 0 heterocycles. The van der Waals surface area contributed by atoms with E-state index in [-0.39, 0.29) is 24.4 Å². The fourth-order valence-electron chi connectivity index (χ4n) is 2.34. The Morgan fingerprint density at radius 1 is 1.09 bits per heavy atom.